The van der Waals surface area contributed by atoms with Gasteiger partial charge >= 0.3 is 0 Å². The lowest BCUT2D eigenvalue weighted by molar-refractivity contribution is 0.0741. The van der Waals surface area contributed by atoms with E-state index in [0.717, 1.165) is 36.1 Å². The van der Waals surface area contributed by atoms with E-state index >= 15 is 0 Å². The van der Waals surface area contributed by atoms with E-state index in [-0.39, 0.29) is 22.9 Å². The zero-order chi connectivity index (χ0) is 24.5. The molecule has 0 saturated carbocycles. The predicted molar refractivity (Wildman–Crippen MR) is 130 cm³/mol. The average Bonchev–Trinajstić information content (AvgIpc) is 3.38. The summed E-state index contributed by atoms with van der Waals surface area (Å²) in [4.78, 5) is 19.2. The number of carbonyl (C=O) groups is 1. The lowest BCUT2D eigenvalue weighted by Gasteiger charge is -2.32. The number of aryl methyl sites for hydroxylation is 1. The standard InChI is InChI=1S/C25H31N5O3S/c1-18-8-13-23(34(32,33)30-14-6-5-7-19(30)2)15-24(18)25(31)28(4)20(3)21-9-11-22(12-10-21)29-17-26-16-27-29/h8-13,15-17,19-20H,5-7,14H2,1-4H3. The summed E-state index contributed by atoms with van der Waals surface area (Å²) in [6.07, 6.45) is 5.85. The molecule has 2 unspecified atom stereocenters. The Balaban J connectivity index is 1.57. The van der Waals surface area contributed by atoms with Gasteiger partial charge in [0.25, 0.3) is 5.91 Å². The van der Waals surface area contributed by atoms with E-state index in [1.807, 2.05) is 45.0 Å². The summed E-state index contributed by atoms with van der Waals surface area (Å²) in [5.74, 6) is -0.214. The molecule has 180 valence electrons. The van der Waals surface area contributed by atoms with Gasteiger partial charge in [0.1, 0.15) is 12.7 Å². The van der Waals surface area contributed by atoms with Gasteiger partial charge < -0.3 is 4.90 Å². The lowest BCUT2D eigenvalue weighted by Crippen LogP contribution is -2.42. The van der Waals surface area contributed by atoms with E-state index in [1.54, 1.807) is 39.4 Å². The number of aromatic nitrogens is 3. The van der Waals surface area contributed by atoms with Crippen molar-refractivity contribution in [2.75, 3.05) is 13.6 Å². The van der Waals surface area contributed by atoms with Crippen LogP contribution in [0.25, 0.3) is 5.69 Å². The maximum Gasteiger partial charge on any atom is 0.254 e. The van der Waals surface area contributed by atoms with Crippen molar-refractivity contribution in [3.05, 3.63) is 71.8 Å². The molecule has 0 aliphatic carbocycles. The van der Waals surface area contributed by atoms with E-state index in [2.05, 4.69) is 10.1 Å². The van der Waals surface area contributed by atoms with Crippen LogP contribution in [0.3, 0.4) is 0 Å². The minimum atomic E-state index is -3.66. The molecule has 0 spiro atoms. The highest BCUT2D eigenvalue weighted by atomic mass is 32.2. The third kappa shape index (κ3) is 4.63. The lowest BCUT2D eigenvalue weighted by atomic mass is 10.0. The average molecular weight is 482 g/mol. The molecule has 1 amide bonds. The second kappa shape index (κ2) is 9.68. The molecule has 2 heterocycles. The van der Waals surface area contributed by atoms with Gasteiger partial charge in [0.2, 0.25) is 10.0 Å². The number of nitrogens with zero attached hydrogens (tertiary/aromatic N) is 5. The van der Waals surface area contributed by atoms with Gasteiger partial charge in [-0.3, -0.25) is 4.79 Å². The maximum absolute atomic E-state index is 13.4. The smallest absolute Gasteiger partial charge is 0.254 e. The molecule has 1 aromatic heterocycles. The molecule has 8 nitrogen and oxygen atoms in total. The van der Waals surface area contributed by atoms with Gasteiger partial charge in [0, 0.05) is 25.2 Å². The van der Waals surface area contributed by atoms with Crippen LogP contribution in [0, 0.1) is 6.92 Å². The van der Waals surface area contributed by atoms with E-state index in [9.17, 15) is 13.2 Å². The molecule has 1 saturated heterocycles. The van der Waals surface area contributed by atoms with Crippen molar-refractivity contribution in [2.45, 2.75) is 57.0 Å². The Morgan fingerprint density at radius 1 is 1.15 bits per heavy atom. The van der Waals surface area contributed by atoms with Crippen LogP contribution in [-0.4, -0.2) is 57.9 Å². The number of carbonyl (C=O) groups excluding carboxylic acids is 1. The first-order chi connectivity index (χ1) is 16.2. The minimum Gasteiger partial charge on any atom is -0.335 e. The van der Waals surface area contributed by atoms with Crippen molar-refractivity contribution in [2.24, 2.45) is 0 Å². The quantitative estimate of drug-likeness (QED) is 0.532. The van der Waals surface area contributed by atoms with Gasteiger partial charge in [-0.15, -0.1) is 0 Å². The van der Waals surface area contributed by atoms with E-state index < -0.39 is 10.0 Å². The normalized spacial score (nSPS) is 17.9. The van der Waals surface area contributed by atoms with Crippen molar-refractivity contribution in [3.63, 3.8) is 0 Å². The number of benzene rings is 2. The third-order valence-corrected chi connectivity index (χ3v) is 8.76. The van der Waals surface area contributed by atoms with Crippen molar-refractivity contribution >= 4 is 15.9 Å². The highest BCUT2D eigenvalue weighted by Gasteiger charge is 2.32. The summed E-state index contributed by atoms with van der Waals surface area (Å²) in [6.45, 7) is 6.25. The summed E-state index contributed by atoms with van der Waals surface area (Å²) in [5, 5.41) is 4.13. The monoisotopic (exact) mass is 481 g/mol. The van der Waals surface area contributed by atoms with E-state index in [0.29, 0.717) is 12.1 Å². The Bertz CT molecular complexity index is 1260. The number of amides is 1. The highest BCUT2D eigenvalue weighted by Crippen LogP contribution is 2.28. The van der Waals surface area contributed by atoms with Gasteiger partial charge in [0.05, 0.1) is 16.6 Å². The van der Waals surface area contributed by atoms with Crippen molar-refractivity contribution in [1.29, 1.82) is 0 Å². The van der Waals surface area contributed by atoms with Crippen LogP contribution in [-0.2, 0) is 10.0 Å². The summed E-state index contributed by atoms with van der Waals surface area (Å²) in [5.41, 5.74) is 2.99. The number of hydrogen-bond acceptors (Lipinski definition) is 5. The molecule has 9 heteroatoms. The van der Waals surface area contributed by atoms with E-state index in [1.165, 1.54) is 12.4 Å². The Hall–Kier alpha value is -3.04. The maximum atomic E-state index is 13.4. The molecule has 3 aromatic rings. The molecule has 1 fully saturated rings. The predicted octanol–water partition coefficient (Wildman–Crippen LogP) is 3.97. The fourth-order valence-corrected chi connectivity index (χ4v) is 6.12. The molecule has 0 N–H and O–H groups in total. The van der Waals surface area contributed by atoms with Crippen LogP contribution in [0.15, 0.2) is 60.0 Å². The van der Waals surface area contributed by atoms with Gasteiger partial charge in [-0.25, -0.2) is 18.1 Å². The van der Waals surface area contributed by atoms with Gasteiger partial charge in [-0.2, -0.15) is 9.40 Å². The Morgan fingerprint density at radius 3 is 2.53 bits per heavy atom. The van der Waals surface area contributed by atoms with Gasteiger partial charge in [-0.1, -0.05) is 24.6 Å². The zero-order valence-electron chi connectivity index (χ0n) is 20.0. The van der Waals surface area contributed by atoms with Crippen LogP contribution in [0.5, 0.6) is 0 Å². The van der Waals surface area contributed by atoms with Crippen LogP contribution in [0.2, 0.25) is 0 Å². The minimum absolute atomic E-state index is 0.0394. The van der Waals surface area contributed by atoms with Crippen LogP contribution < -0.4 is 0 Å². The molecule has 0 bridgehead atoms. The topological polar surface area (TPSA) is 88.4 Å². The Kier molecular flexibility index (Phi) is 6.86. The number of rotatable bonds is 6. The van der Waals surface area contributed by atoms with Gasteiger partial charge in [0.15, 0.2) is 0 Å². The second-order valence-corrected chi connectivity index (χ2v) is 10.9. The van der Waals surface area contributed by atoms with Gasteiger partial charge in [-0.05, 0) is 69.0 Å². The summed E-state index contributed by atoms with van der Waals surface area (Å²) >= 11 is 0. The number of hydrogen-bond donors (Lipinski definition) is 0. The molecular formula is C25H31N5O3S. The third-order valence-electron chi connectivity index (χ3n) is 6.75. The van der Waals surface area contributed by atoms with Crippen LogP contribution >= 0.6 is 0 Å². The molecule has 2 atom stereocenters. The Morgan fingerprint density at radius 2 is 1.88 bits per heavy atom. The Labute approximate surface area is 201 Å². The van der Waals surface area contributed by atoms with Crippen molar-refractivity contribution < 1.29 is 13.2 Å². The largest absolute Gasteiger partial charge is 0.335 e. The molecule has 1 aliphatic heterocycles. The SMILES string of the molecule is Cc1ccc(S(=O)(=O)N2CCCCC2C)cc1C(=O)N(C)C(C)c1ccc(-n2cncn2)cc1. The molecule has 0 radical (unpaired) electrons. The zero-order valence-corrected chi connectivity index (χ0v) is 20.9. The summed E-state index contributed by atoms with van der Waals surface area (Å²) in [6, 6.07) is 12.4. The molecule has 34 heavy (non-hydrogen) atoms. The van der Waals surface area contributed by atoms with Crippen LogP contribution in [0.1, 0.15) is 60.6 Å². The summed E-state index contributed by atoms with van der Waals surface area (Å²) in [7, 11) is -1.92. The molecule has 1 aliphatic rings. The fraction of sp³-hybridized carbons (Fsp3) is 0.400. The number of piperidine rings is 1. The van der Waals surface area contributed by atoms with Crippen LogP contribution in [0.4, 0.5) is 0 Å². The van der Waals surface area contributed by atoms with E-state index in [4.69, 9.17) is 0 Å². The van der Waals surface area contributed by atoms with Crippen molar-refractivity contribution in [1.82, 2.24) is 24.0 Å². The first-order valence-corrected chi connectivity index (χ1v) is 13.0. The molecular weight excluding hydrogens is 450 g/mol. The fourth-order valence-electron chi connectivity index (χ4n) is 4.39. The number of sulfonamides is 1. The second-order valence-electron chi connectivity index (χ2n) is 8.96. The first-order valence-electron chi connectivity index (χ1n) is 11.5. The molecule has 2 aromatic carbocycles. The molecule has 4 rings (SSSR count). The highest BCUT2D eigenvalue weighted by molar-refractivity contribution is 7.89. The van der Waals surface area contributed by atoms with Crippen molar-refractivity contribution in [3.8, 4) is 5.69 Å². The summed E-state index contributed by atoms with van der Waals surface area (Å²) < 4.78 is 29.9. The first kappa shape index (κ1) is 24.1.